The van der Waals surface area contributed by atoms with Crippen LogP contribution in [0.25, 0.3) is 0 Å². The summed E-state index contributed by atoms with van der Waals surface area (Å²) < 4.78 is 10.3. The van der Waals surface area contributed by atoms with Crippen LogP contribution in [0, 0.1) is 0 Å². The molecule has 0 aromatic heterocycles. The number of carbonyl (C=O) groups is 4. The van der Waals surface area contributed by atoms with Gasteiger partial charge < -0.3 is 31.6 Å². The van der Waals surface area contributed by atoms with Crippen LogP contribution in [0.2, 0.25) is 0 Å². The van der Waals surface area contributed by atoms with Crippen molar-refractivity contribution < 1.29 is 28.7 Å². The van der Waals surface area contributed by atoms with E-state index in [1.165, 1.54) is 0 Å². The Balaban J connectivity index is 4.12. The Morgan fingerprint density at radius 3 is 1.27 bits per heavy atom. The minimum absolute atomic E-state index is 0.150. The third kappa shape index (κ3) is 13.9. The van der Waals surface area contributed by atoms with Crippen LogP contribution in [-0.2, 0) is 28.7 Å². The van der Waals surface area contributed by atoms with Crippen molar-refractivity contribution in [2.24, 2.45) is 11.5 Å². The molecule has 10 heteroatoms. The molecule has 0 saturated heterocycles. The van der Waals surface area contributed by atoms with E-state index in [4.69, 9.17) is 20.9 Å². The summed E-state index contributed by atoms with van der Waals surface area (Å²) in [5, 5.41) is 5.09. The fourth-order valence-corrected chi connectivity index (χ4v) is 2.24. The molecule has 0 aromatic rings. The lowest BCUT2D eigenvalue weighted by molar-refractivity contribution is -0.156. The van der Waals surface area contributed by atoms with E-state index in [1.807, 2.05) is 0 Å². The molecule has 0 aliphatic heterocycles. The minimum atomic E-state index is -1.24. The fraction of sp³-hybridized carbons (Fsp3) is 0.800. The zero-order valence-electron chi connectivity index (χ0n) is 19.0. The summed E-state index contributed by atoms with van der Waals surface area (Å²) in [6.07, 6.45) is 1.05. The van der Waals surface area contributed by atoms with Crippen molar-refractivity contribution in [2.75, 3.05) is 13.1 Å². The lowest BCUT2D eigenvalue weighted by Crippen LogP contribution is -2.58. The Morgan fingerprint density at radius 1 is 0.700 bits per heavy atom. The second-order valence-corrected chi connectivity index (χ2v) is 9.01. The number of hydrogen-bond donors (Lipinski definition) is 4. The number of rotatable bonds is 11. The lowest BCUT2D eigenvalue weighted by atomic mass is 10.1. The average Bonchev–Trinajstić information content (AvgIpc) is 2.57. The quantitative estimate of drug-likeness (QED) is 0.265. The average molecular weight is 431 g/mol. The van der Waals surface area contributed by atoms with Crippen molar-refractivity contribution in [1.82, 2.24) is 10.6 Å². The highest BCUT2D eigenvalue weighted by Crippen LogP contribution is 2.09. The largest absolute Gasteiger partial charge is 0.460 e. The zero-order chi connectivity index (χ0) is 23.5. The first-order valence-corrected chi connectivity index (χ1v) is 10.1. The summed E-state index contributed by atoms with van der Waals surface area (Å²) in [4.78, 5) is 47.3. The summed E-state index contributed by atoms with van der Waals surface area (Å²) >= 11 is 0. The molecule has 0 fully saturated rings. The van der Waals surface area contributed by atoms with E-state index >= 15 is 0 Å². The van der Waals surface area contributed by atoms with Gasteiger partial charge in [-0.25, -0.2) is 0 Å². The van der Waals surface area contributed by atoms with E-state index < -0.39 is 35.1 Å². The molecule has 0 unspecified atom stereocenters. The normalized spacial score (nSPS) is 13.7. The minimum Gasteiger partial charge on any atom is -0.460 e. The summed E-state index contributed by atoms with van der Waals surface area (Å²) in [6.45, 7) is 11.0. The topological polar surface area (TPSA) is 163 Å². The zero-order valence-corrected chi connectivity index (χ0v) is 19.0. The Bertz CT molecular complexity index is 543. The third-order valence-corrected chi connectivity index (χ3v) is 3.55. The number of hydrogen-bond acceptors (Lipinski definition) is 8. The maximum atomic E-state index is 12.0. The number of amides is 2. The third-order valence-electron chi connectivity index (χ3n) is 3.55. The Hall–Kier alpha value is -2.20. The van der Waals surface area contributed by atoms with Gasteiger partial charge in [0.25, 0.3) is 0 Å². The van der Waals surface area contributed by atoms with Crippen molar-refractivity contribution in [3.8, 4) is 0 Å². The second-order valence-electron chi connectivity index (χ2n) is 9.01. The molecular formula is C20H38N4O6. The highest BCUT2D eigenvalue weighted by atomic mass is 16.6. The molecule has 0 saturated carbocycles. The monoisotopic (exact) mass is 430 g/mol. The first-order chi connectivity index (χ1) is 13.6. The van der Waals surface area contributed by atoms with Gasteiger partial charge in [0.2, 0.25) is 11.8 Å². The van der Waals surface area contributed by atoms with E-state index in [0.29, 0.717) is 12.8 Å². The first kappa shape index (κ1) is 27.8. The SMILES string of the molecule is CC(C)(C)OC(=O)CCCNC(=O)[C@@H](N)[C@H](N)C(=O)NCCCC(=O)OC(C)(C)C. The van der Waals surface area contributed by atoms with Crippen LogP contribution < -0.4 is 22.1 Å². The Labute approximate surface area is 178 Å². The molecular weight excluding hydrogens is 392 g/mol. The van der Waals surface area contributed by atoms with Gasteiger partial charge in [-0.3, -0.25) is 19.2 Å². The van der Waals surface area contributed by atoms with Crippen LogP contribution in [0.3, 0.4) is 0 Å². The molecule has 2 atom stereocenters. The van der Waals surface area contributed by atoms with Crippen molar-refractivity contribution in [3.05, 3.63) is 0 Å². The maximum Gasteiger partial charge on any atom is 0.306 e. The van der Waals surface area contributed by atoms with Crippen LogP contribution in [0.1, 0.15) is 67.2 Å². The van der Waals surface area contributed by atoms with Gasteiger partial charge in [-0.2, -0.15) is 0 Å². The maximum absolute atomic E-state index is 12.0. The first-order valence-electron chi connectivity index (χ1n) is 10.1. The highest BCUT2D eigenvalue weighted by molar-refractivity contribution is 5.92. The second kappa shape index (κ2) is 12.5. The van der Waals surface area contributed by atoms with Crippen LogP contribution in [0.5, 0.6) is 0 Å². The van der Waals surface area contributed by atoms with Gasteiger partial charge in [-0.05, 0) is 54.4 Å². The van der Waals surface area contributed by atoms with Gasteiger partial charge >= 0.3 is 11.9 Å². The van der Waals surface area contributed by atoms with Gasteiger partial charge in [-0.1, -0.05) is 0 Å². The summed E-state index contributed by atoms with van der Waals surface area (Å²) in [7, 11) is 0. The van der Waals surface area contributed by atoms with Gasteiger partial charge in [0.05, 0.1) is 0 Å². The lowest BCUT2D eigenvalue weighted by Gasteiger charge is -2.20. The molecule has 30 heavy (non-hydrogen) atoms. The standard InChI is InChI=1S/C20H38N4O6/c1-19(2,3)29-13(25)9-7-11-23-17(27)15(21)16(22)18(28)24-12-8-10-14(26)30-20(4,5)6/h15-16H,7-12,21-22H2,1-6H3,(H,23,27)(H,24,28)/t15-,16-/m0/s1. The van der Waals surface area contributed by atoms with Crippen molar-refractivity contribution in [2.45, 2.75) is 90.5 Å². The molecule has 174 valence electrons. The predicted octanol–water partition coefficient (Wildman–Crippen LogP) is 0.117. The van der Waals surface area contributed by atoms with Crippen LogP contribution in [-0.4, -0.2) is 60.1 Å². The van der Waals surface area contributed by atoms with E-state index in [9.17, 15) is 19.2 Å². The van der Waals surface area contributed by atoms with Crippen molar-refractivity contribution in [1.29, 1.82) is 0 Å². The Morgan fingerprint density at radius 2 is 1.00 bits per heavy atom. The van der Waals surface area contributed by atoms with Gasteiger partial charge in [0, 0.05) is 25.9 Å². The number of ether oxygens (including phenoxy) is 2. The van der Waals surface area contributed by atoms with Crippen LogP contribution in [0.15, 0.2) is 0 Å². The van der Waals surface area contributed by atoms with E-state index in [1.54, 1.807) is 41.5 Å². The molecule has 2 amide bonds. The predicted molar refractivity (Wildman–Crippen MR) is 112 cm³/mol. The molecule has 0 aliphatic rings. The van der Waals surface area contributed by atoms with Crippen molar-refractivity contribution >= 4 is 23.8 Å². The molecule has 0 aliphatic carbocycles. The number of carbonyl (C=O) groups excluding carboxylic acids is 4. The summed E-state index contributed by atoms with van der Waals surface area (Å²) in [5.41, 5.74) is 10.4. The highest BCUT2D eigenvalue weighted by Gasteiger charge is 2.27. The molecule has 6 N–H and O–H groups in total. The molecule has 0 bridgehead atoms. The van der Waals surface area contributed by atoms with Gasteiger partial charge in [0.1, 0.15) is 23.3 Å². The van der Waals surface area contributed by atoms with E-state index in [-0.39, 0.29) is 37.9 Å². The van der Waals surface area contributed by atoms with Gasteiger partial charge in [-0.15, -0.1) is 0 Å². The summed E-state index contributed by atoms with van der Waals surface area (Å²) in [6, 6.07) is -2.48. The number of nitrogens with two attached hydrogens (primary N) is 2. The molecule has 0 aromatic carbocycles. The fourth-order valence-electron chi connectivity index (χ4n) is 2.24. The molecule has 0 heterocycles. The number of nitrogens with one attached hydrogen (secondary N) is 2. The van der Waals surface area contributed by atoms with Crippen LogP contribution in [0.4, 0.5) is 0 Å². The van der Waals surface area contributed by atoms with E-state index in [2.05, 4.69) is 10.6 Å². The van der Waals surface area contributed by atoms with Gasteiger partial charge in [0.15, 0.2) is 0 Å². The summed E-state index contributed by atoms with van der Waals surface area (Å²) in [5.74, 6) is -1.89. The Kier molecular flexibility index (Phi) is 11.6. The molecule has 0 rings (SSSR count). The molecule has 0 radical (unpaired) electrons. The number of esters is 2. The van der Waals surface area contributed by atoms with Crippen LogP contribution >= 0.6 is 0 Å². The smallest absolute Gasteiger partial charge is 0.306 e. The molecule has 0 spiro atoms. The van der Waals surface area contributed by atoms with E-state index in [0.717, 1.165) is 0 Å². The molecule has 10 nitrogen and oxygen atoms in total. The van der Waals surface area contributed by atoms with Crippen molar-refractivity contribution in [3.63, 3.8) is 0 Å².